The largest absolute Gasteiger partial charge is 0.497 e. The van der Waals surface area contributed by atoms with E-state index in [2.05, 4.69) is 10.2 Å². The molecule has 4 rings (SSSR count). The highest BCUT2D eigenvalue weighted by Crippen LogP contribution is 2.30. The second-order valence-electron chi connectivity index (χ2n) is 9.13. The van der Waals surface area contributed by atoms with Crippen LogP contribution >= 0.6 is 0 Å². The van der Waals surface area contributed by atoms with E-state index in [1.54, 1.807) is 12.0 Å². The number of piperidine rings is 2. The molecule has 0 saturated carbocycles. The van der Waals surface area contributed by atoms with Crippen LogP contribution in [0.15, 0.2) is 48.5 Å². The standard InChI is InChI=1S/C26H30F3N3O3/c1-35-23-7-5-21(6-8-23)30-24(33)18-9-13-31(14-10-18)22-11-15-32(16-12-22)25(34)19-3-2-4-20(17-19)26(27,28)29/h2-8,17-18,22H,9-16H2,1H3,(H,30,33). The molecule has 0 atom stereocenters. The summed E-state index contributed by atoms with van der Waals surface area (Å²) in [6, 6.07) is 12.2. The number of alkyl halides is 3. The summed E-state index contributed by atoms with van der Waals surface area (Å²) < 4.78 is 44.1. The van der Waals surface area contributed by atoms with E-state index in [4.69, 9.17) is 4.74 Å². The first-order valence-corrected chi connectivity index (χ1v) is 11.9. The van der Waals surface area contributed by atoms with E-state index >= 15 is 0 Å². The highest BCUT2D eigenvalue weighted by molar-refractivity contribution is 5.94. The first kappa shape index (κ1) is 25.0. The van der Waals surface area contributed by atoms with Gasteiger partial charge in [0.15, 0.2) is 0 Å². The van der Waals surface area contributed by atoms with Crippen LogP contribution in [-0.2, 0) is 11.0 Å². The van der Waals surface area contributed by atoms with Gasteiger partial charge in [0.05, 0.1) is 12.7 Å². The van der Waals surface area contributed by atoms with Gasteiger partial charge >= 0.3 is 6.18 Å². The molecule has 1 N–H and O–H groups in total. The number of rotatable bonds is 5. The highest BCUT2D eigenvalue weighted by Gasteiger charge is 2.34. The number of likely N-dealkylation sites (tertiary alicyclic amines) is 2. The summed E-state index contributed by atoms with van der Waals surface area (Å²) in [5.74, 6) is 0.356. The van der Waals surface area contributed by atoms with Gasteiger partial charge in [0.25, 0.3) is 5.91 Å². The van der Waals surface area contributed by atoms with Crippen molar-refractivity contribution in [3.63, 3.8) is 0 Å². The molecule has 2 aliphatic rings. The van der Waals surface area contributed by atoms with Crippen molar-refractivity contribution in [3.8, 4) is 5.75 Å². The second kappa shape index (κ2) is 10.7. The molecule has 2 aromatic rings. The highest BCUT2D eigenvalue weighted by atomic mass is 19.4. The lowest BCUT2D eigenvalue weighted by molar-refractivity contribution is -0.137. The third kappa shape index (κ3) is 6.14. The Morgan fingerprint density at radius 2 is 1.60 bits per heavy atom. The van der Waals surface area contributed by atoms with Gasteiger partial charge in [-0.2, -0.15) is 13.2 Å². The predicted molar refractivity (Wildman–Crippen MR) is 126 cm³/mol. The zero-order valence-corrected chi connectivity index (χ0v) is 19.7. The maximum atomic E-state index is 13.0. The van der Waals surface area contributed by atoms with Crippen molar-refractivity contribution in [2.24, 2.45) is 5.92 Å². The zero-order valence-electron chi connectivity index (χ0n) is 19.7. The average Bonchev–Trinajstić information content (AvgIpc) is 2.88. The van der Waals surface area contributed by atoms with Crippen LogP contribution in [0, 0.1) is 5.92 Å². The van der Waals surface area contributed by atoms with E-state index in [1.807, 2.05) is 24.3 Å². The van der Waals surface area contributed by atoms with Crippen molar-refractivity contribution in [3.05, 3.63) is 59.7 Å². The van der Waals surface area contributed by atoms with Gasteiger partial charge in [-0.25, -0.2) is 0 Å². The van der Waals surface area contributed by atoms with E-state index in [9.17, 15) is 22.8 Å². The van der Waals surface area contributed by atoms with E-state index in [0.29, 0.717) is 19.1 Å². The first-order chi connectivity index (χ1) is 16.7. The molecule has 188 valence electrons. The fourth-order valence-electron chi connectivity index (χ4n) is 4.89. The fourth-order valence-corrected chi connectivity index (χ4v) is 4.89. The van der Waals surface area contributed by atoms with Crippen LogP contribution < -0.4 is 10.1 Å². The summed E-state index contributed by atoms with van der Waals surface area (Å²) in [5.41, 5.74) is 0.00938. The van der Waals surface area contributed by atoms with Crippen molar-refractivity contribution in [2.75, 3.05) is 38.6 Å². The summed E-state index contributed by atoms with van der Waals surface area (Å²) in [6.07, 6.45) is -1.39. The van der Waals surface area contributed by atoms with Crippen LogP contribution in [0.2, 0.25) is 0 Å². The number of nitrogens with one attached hydrogen (secondary N) is 1. The molecule has 2 fully saturated rings. The number of ether oxygens (including phenoxy) is 1. The maximum Gasteiger partial charge on any atom is 0.416 e. The minimum atomic E-state index is -4.47. The molecule has 2 amide bonds. The minimum Gasteiger partial charge on any atom is -0.497 e. The van der Waals surface area contributed by atoms with Crippen molar-refractivity contribution in [2.45, 2.75) is 37.9 Å². The molecule has 0 unspecified atom stereocenters. The van der Waals surface area contributed by atoms with Crippen LogP contribution in [0.1, 0.15) is 41.6 Å². The first-order valence-electron chi connectivity index (χ1n) is 11.9. The van der Waals surface area contributed by atoms with Gasteiger partial charge in [-0.15, -0.1) is 0 Å². The van der Waals surface area contributed by atoms with Crippen LogP contribution in [0.5, 0.6) is 5.75 Å². The summed E-state index contributed by atoms with van der Waals surface area (Å²) in [7, 11) is 1.60. The van der Waals surface area contributed by atoms with Gasteiger partial charge in [-0.05, 0) is 81.2 Å². The molecule has 6 nitrogen and oxygen atoms in total. The van der Waals surface area contributed by atoms with Gasteiger partial charge in [-0.3, -0.25) is 9.59 Å². The number of amides is 2. The summed E-state index contributed by atoms with van der Waals surface area (Å²) in [4.78, 5) is 29.4. The smallest absolute Gasteiger partial charge is 0.416 e. The molecule has 0 aromatic heterocycles. The van der Waals surface area contributed by atoms with Crippen molar-refractivity contribution in [1.29, 1.82) is 0 Å². The molecular formula is C26H30F3N3O3. The lowest BCUT2D eigenvalue weighted by Gasteiger charge is -2.41. The number of halogens is 3. The lowest BCUT2D eigenvalue weighted by atomic mass is 9.92. The normalized spacial score (nSPS) is 18.3. The third-order valence-corrected chi connectivity index (χ3v) is 6.96. The number of nitrogens with zero attached hydrogens (tertiary/aromatic N) is 2. The Balaban J connectivity index is 1.24. The number of anilines is 1. The topological polar surface area (TPSA) is 61.9 Å². The molecule has 0 bridgehead atoms. The number of methoxy groups -OCH3 is 1. The third-order valence-electron chi connectivity index (χ3n) is 6.96. The molecule has 9 heteroatoms. The molecule has 35 heavy (non-hydrogen) atoms. The zero-order chi connectivity index (χ0) is 25.0. The predicted octanol–water partition coefficient (Wildman–Crippen LogP) is 4.67. The monoisotopic (exact) mass is 489 g/mol. The van der Waals surface area contributed by atoms with Gasteiger partial charge in [0.1, 0.15) is 5.75 Å². The Hall–Kier alpha value is -3.07. The minimum absolute atomic E-state index is 0.0244. The Bertz CT molecular complexity index is 1030. The van der Waals surface area contributed by atoms with Crippen LogP contribution in [0.4, 0.5) is 18.9 Å². The van der Waals surface area contributed by atoms with Crippen molar-refractivity contribution >= 4 is 17.5 Å². The Morgan fingerprint density at radius 3 is 2.20 bits per heavy atom. The van der Waals surface area contributed by atoms with Crippen molar-refractivity contribution < 1.29 is 27.5 Å². The number of carbonyl (C=O) groups is 2. The Labute approximate surface area is 203 Å². The molecule has 2 aliphatic heterocycles. The van der Waals surface area contributed by atoms with Gasteiger partial charge in [0, 0.05) is 36.3 Å². The average molecular weight is 490 g/mol. The van der Waals surface area contributed by atoms with Gasteiger partial charge in [-0.1, -0.05) is 6.07 Å². The molecule has 2 heterocycles. The van der Waals surface area contributed by atoms with Crippen LogP contribution in [-0.4, -0.2) is 60.9 Å². The number of hydrogen-bond donors (Lipinski definition) is 1. The molecule has 0 spiro atoms. The summed E-state index contributed by atoms with van der Waals surface area (Å²) in [5, 5.41) is 2.98. The molecule has 0 aliphatic carbocycles. The van der Waals surface area contributed by atoms with Crippen LogP contribution in [0.25, 0.3) is 0 Å². The van der Waals surface area contributed by atoms with Crippen LogP contribution in [0.3, 0.4) is 0 Å². The number of benzene rings is 2. The SMILES string of the molecule is COc1ccc(NC(=O)C2CCN(C3CCN(C(=O)c4cccc(C(F)(F)F)c4)CC3)CC2)cc1. The Morgan fingerprint density at radius 1 is 0.943 bits per heavy atom. The maximum absolute atomic E-state index is 13.0. The second-order valence-corrected chi connectivity index (χ2v) is 9.13. The number of carbonyl (C=O) groups excluding carboxylic acids is 2. The van der Waals surface area contributed by atoms with Gasteiger partial charge < -0.3 is 19.9 Å². The molecule has 2 aromatic carbocycles. The molecular weight excluding hydrogens is 459 g/mol. The molecule has 2 saturated heterocycles. The lowest BCUT2D eigenvalue weighted by Crippen LogP contribution is -2.49. The Kier molecular flexibility index (Phi) is 7.64. The number of hydrogen-bond acceptors (Lipinski definition) is 4. The molecule has 0 radical (unpaired) electrons. The summed E-state index contributed by atoms with van der Waals surface area (Å²) >= 11 is 0. The quantitative estimate of drug-likeness (QED) is 0.663. The van der Waals surface area contributed by atoms with E-state index in [-0.39, 0.29) is 23.3 Å². The van der Waals surface area contributed by atoms with E-state index < -0.39 is 11.7 Å². The van der Waals surface area contributed by atoms with Gasteiger partial charge in [0.2, 0.25) is 5.91 Å². The van der Waals surface area contributed by atoms with E-state index in [1.165, 1.54) is 12.1 Å². The van der Waals surface area contributed by atoms with E-state index in [0.717, 1.165) is 62.3 Å². The summed E-state index contributed by atoms with van der Waals surface area (Å²) in [6.45, 7) is 2.65. The van der Waals surface area contributed by atoms with Crippen molar-refractivity contribution in [1.82, 2.24) is 9.80 Å². The fraction of sp³-hybridized carbons (Fsp3) is 0.462.